The third-order valence-corrected chi connectivity index (χ3v) is 1.79. The van der Waals surface area contributed by atoms with Crippen LogP contribution in [0.3, 0.4) is 0 Å². The Balaban J connectivity index is 4.74. The van der Waals surface area contributed by atoms with Gasteiger partial charge in [0.2, 0.25) is 0 Å². The second-order valence-corrected chi connectivity index (χ2v) is 2.76. The molecule has 0 amide bonds. The van der Waals surface area contributed by atoms with Crippen molar-refractivity contribution in [2.24, 2.45) is 5.92 Å². The number of Topliss-reactive ketones (excluding diaryl/α,β-unsaturated/α-hetero) is 1. The van der Waals surface area contributed by atoms with Gasteiger partial charge in [0.1, 0.15) is 0 Å². The first-order valence-corrected chi connectivity index (χ1v) is 3.63. The van der Waals surface area contributed by atoms with E-state index in [0.717, 1.165) is 6.92 Å². The first-order chi connectivity index (χ1) is 5.64. The molecule has 0 N–H and O–H groups in total. The highest BCUT2D eigenvalue weighted by Crippen LogP contribution is 2.34. The first-order valence-electron chi connectivity index (χ1n) is 3.63. The molecular formula is C7H9F5O. The Labute approximate surface area is 71.9 Å². The molecule has 0 saturated carbocycles. The van der Waals surface area contributed by atoms with Crippen LogP contribution in [0.5, 0.6) is 0 Å². The lowest BCUT2D eigenvalue weighted by molar-refractivity contribution is -0.201. The summed E-state index contributed by atoms with van der Waals surface area (Å²) in [6, 6.07) is 0. The molecule has 0 heterocycles. The number of alkyl halides is 5. The zero-order chi connectivity index (χ0) is 10.9. The van der Waals surface area contributed by atoms with E-state index < -0.39 is 23.8 Å². The molecule has 0 aromatic carbocycles. The number of halogens is 5. The fourth-order valence-electron chi connectivity index (χ4n) is 0.669. The summed E-state index contributed by atoms with van der Waals surface area (Å²) in [5.74, 6) is -8.87. The van der Waals surface area contributed by atoms with Gasteiger partial charge in [-0.2, -0.15) is 22.0 Å². The van der Waals surface area contributed by atoms with E-state index in [1.54, 1.807) is 0 Å². The summed E-state index contributed by atoms with van der Waals surface area (Å²) in [4.78, 5) is 10.2. The second kappa shape index (κ2) is 3.59. The highest BCUT2D eigenvalue weighted by Gasteiger charge is 2.56. The van der Waals surface area contributed by atoms with Crippen LogP contribution >= 0.6 is 0 Å². The Morgan fingerprint density at radius 2 is 1.62 bits per heavy atom. The molecule has 1 atom stereocenters. The summed E-state index contributed by atoms with van der Waals surface area (Å²) in [6.45, 7) is 2.20. The molecule has 0 aliphatic rings. The maximum atomic E-state index is 12.6. The maximum absolute atomic E-state index is 12.6. The number of carbonyl (C=O) groups excluding carboxylic acids is 1. The minimum Gasteiger partial charge on any atom is -0.283 e. The van der Waals surface area contributed by atoms with Gasteiger partial charge in [0.05, 0.1) is 0 Å². The molecule has 0 saturated heterocycles. The molecule has 0 bridgehead atoms. The fraction of sp³-hybridized carbons (Fsp3) is 0.857. The highest BCUT2D eigenvalue weighted by molar-refractivity contribution is 5.90. The fourth-order valence-corrected chi connectivity index (χ4v) is 0.669. The average molecular weight is 204 g/mol. The summed E-state index contributed by atoms with van der Waals surface area (Å²) < 4.78 is 60.1. The quantitative estimate of drug-likeness (QED) is 0.646. The Bertz CT molecular complexity index is 196. The highest BCUT2D eigenvalue weighted by atomic mass is 19.4. The lowest BCUT2D eigenvalue weighted by Gasteiger charge is -2.21. The predicted molar refractivity (Wildman–Crippen MR) is 35.5 cm³/mol. The van der Waals surface area contributed by atoms with Gasteiger partial charge in [-0.15, -0.1) is 0 Å². The molecule has 13 heavy (non-hydrogen) atoms. The summed E-state index contributed by atoms with van der Waals surface area (Å²) in [7, 11) is 0. The van der Waals surface area contributed by atoms with E-state index in [0.29, 0.717) is 0 Å². The smallest absolute Gasteiger partial charge is 0.283 e. The van der Waals surface area contributed by atoms with Crippen molar-refractivity contribution in [1.29, 1.82) is 0 Å². The molecular weight excluding hydrogens is 195 g/mol. The number of hydrogen-bond donors (Lipinski definition) is 0. The van der Waals surface area contributed by atoms with Crippen LogP contribution in [0.1, 0.15) is 20.3 Å². The van der Waals surface area contributed by atoms with Gasteiger partial charge in [-0.05, 0) is 6.42 Å². The van der Waals surface area contributed by atoms with Crippen LogP contribution in [0.25, 0.3) is 0 Å². The first kappa shape index (κ1) is 12.3. The summed E-state index contributed by atoms with van der Waals surface area (Å²) in [5, 5.41) is 0. The zero-order valence-electron chi connectivity index (χ0n) is 7.08. The molecule has 0 aromatic heterocycles. The minimum atomic E-state index is -5.47. The minimum absolute atomic E-state index is 0.186. The van der Waals surface area contributed by atoms with Gasteiger partial charge in [0.15, 0.2) is 0 Å². The van der Waals surface area contributed by atoms with Crippen molar-refractivity contribution in [3.63, 3.8) is 0 Å². The Morgan fingerprint density at radius 1 is 1.23 bits per heavy atom. The van der Waals surface area contributed by atoms with E-state index >= 15 is 0 Å². The number of rotatable bonds is 3. The Hall–Kier alpha value is -0.680. The van der Waals surface area contributed by atoms with Crippen LogP contribution in [-0.2, 0) is 4.79 Å². The van der Waals surface area contributed by atoms with Crippen molar-refractivity contribution in [1.82, 2.24) is 0 Å². The summed E-state index contributed by atoms with van der Waals surface area (Å²) in [5.41, 5.74) is 0. The van der Waals surface area contributed by atoms with Gasteiger partial charge in [-0.25, -0.2) is 0 Å². The lowest BCUT2D eigenvalue weighted by atomic mass is 9.97. The van der Waals surface area contributed by atoms with Gasteiger partial charge in [-0.1, -0.05) is 13.8 Å². The van der Waals surface area contributed by atoms with Crippen LogP contribution in [0, 0.1) is 5.92 Å². The van der Waals surface area contributed by atoms with Gasteiger partial charge in [0.25, 0.3) is 0 Å². The molecule has 0 rings (SSSR count). The number of hydrogen-bond acceptors (Lipinski definition) is 1. The lowest BCUT2D eigenvalue weighted by Crippen LogP contribution is -2.44. The Morgan fingerprint density at radius 3 is 1.85 bits per heavy atom. The van der Waals surface area contributed by atoms with E-state index in [2.05, 4.69) is 0 Å². The third kappa shape index (κ3) is 2.63. The number of carbonyl (C=O) groups is 1. The molecule has 0 aliphatic heterocycles. The van der Waals surface area contributed by atoms with Gasteiger partial charge >= 0.3 is 17.9 Å². The van der Waals surface area contributed by atoms with Crippen molar-refractivity contribution in [2.45, 2.75) is 32.4 Å². The molecule has 6 heteroatoms. The maximum Gasteiger partial charge on any atom is 0.456 e. The second-order valence-electron chi connectivity index (χ2n) is 2.76. The van der Waals surface area contributed by atoms with Crippen molar-refractivity contribution >= 4 is 5.78 Å². The monoisotopic (exact) mass is 204 g/mol. The molecule has 78 valence electrons. The van der Waals surface area contributed by atoms with Gasteiger partial charge < -0.3 is 0 Å². The molecule has 1 nitrogen and oxygen atoms in total. The Kier molecular flexibility index (Phi) is 3.40. The van der Waals surface area contributed by atoms with E-state index in [9.17, 15) is 26.7 Å². The van der Waals surface area contributed by atoms with E-state index in [1.807, 2.05) is 0 Å². The average Bonchev–Trinajstić information content (AvgIpc) is 1.99. The predicted octanol–water partition coefficient (Wildman–Crippen LogP) is 2.80. The molecule has 0 radical (unpaired) electrons. The van der Waals surface area contributed by atoms with Crippen LogP contribution < -0.4 is 0 Å². The van der Waals surface area contributed by atoms with Crippen molar-refractivity contribution in [3.8, 4) is 0 Å². The molecule has 0 aromatic rings. The molecule has 0 unspecified atom stereocenters. The normalized spacial score (nSPS) is 15.6. The summed E-state index contributed by atoms with van der Waals surface area (Å²) in [6.07, 6.45) is -5.65. The molecule has 0 spiro atoms. The SMILES string of the molecule is CC[C@H](C)C(F)(F)C(=O)C(F)(F)F. The van der Waals surface area contributed by atoms with Gasteiger partial charge in [0, 0.05) is 5.92 Å². The van der Waals surface area contributed by atoms with E-state index in [1.165, 1.54) is 6.92 Å². The third-order valence-electron chi connectivity index (χ3n) is 1.79. The topological polar surface area (TPSA) is 17.1 Å². The van der Waals surface area contributed by atoms with E-state index in [4.69, 9.17) is 0 Å². The standard InChI is InChI=1S/C7H9F5O/c1-3-4(2)6(8,9)5(13)7(10,11)12/h4H,3H2,1-2H3/t4-/m0/s1. The molecule has 0 aliphatic carbocycles. The molecule has 0 fully saturated rings. The largest absolute Gasteiger partial charge is 0.456 e. The van der Waals surface area contributed by atoms with Crippen molar-refractivity contribution in [3.05, 3.63) is 0 Å². The number of ketones is 1. The zero-order valence-corrected chi connectivity index (χ0v) is 7.08. The van der Waals surface area contributed by atoms with Crippen molar-refractivity contribution < 1.29 is 26.7 Å². The van der Waals surface area contributed by atoms with Gasteiger partial charge in [-0.3, -0.25) is 4.79 Å². The van der Waals surface area contributed by atoms with Crippen LogP contribution in [0.15, 0.2) is 0 Å². The van der Waals surface area contributed by atoms with E-state index in [-0.39, 0.29) is 6.42 Å². The summed E-state index contributed by atoms with van der Waals surface area (Å²) >= 11 is 0. The van der Waals surface area contributed by atoms with Crippen LogP contribution in [0.2, 0.25) is 0 Å². The van der Waals surface area contributed by atoms with Crippen LogP contribution in [0.4, 0.5) is 22.0 Å². The van der Waals surface area contributed by atoms with Crippen LogP contribution in [-0.4, -0.2) is 17.9 Å². The van der Waals surface area contributed by atoms with Crippen molar-refractivity contribution in [2.75, 3.05) is 0 Å².